The number of aromatic nitrogens is 1. The number of hydrogen-bond acceptors (Lipinski definition) is 7. The van der Waals surface area contributed by atoms with E-state index in [-0.39, 0.29) is 18.3 Å². The van der Waals surface area contributed by atoms with Crippen molar-refractivity contribution in [3.05, 3.63) is 47.2 Å². The predicted molar refractivity (Wildman–Crippen MR) is 147 cm³/mol. The van der Waals surface area contributed by atoms with E-state index in [4.69, 9.17) is 9.72 Å². The van der Waals surface area contributed by atoms with Crippen molar-refractivity contribution in [2.24, 2.45) is 0 Å². The van der Waals surface area contributed by atoms with Crippen LogP contribution in [-0.4, -0.2) is 81.9 Å². The average Bonchev–Trinajstić information content (AvgIpc) is 3.88. The van der Waals surface area contributed by atoms with E-state index in [2.05, 4.69) is 11.0 Å². The van der Waals surface area contributed by atoms with Gasteiger partial charge in [0.2, 0.25) is 10.0 Å². The first kappa shape index (κ1) is 24.7. The van der Waals surface area contributed by atoms with Crippen LogP contribution in [0.25, 0.3) is 0 Å². The first-order valence-electron chi connectivity index (χ1n) is 14.0. The number of ether oxygens (including phenoxy) is 1. The van der Waals surface area contributed by atoms with Gasteiger partial charge < -0.3 is 14.5 Å². The van der Waals surface area contributed by atoms with Crippen molar-refractivity contribution >= 4 is 39.2 Å². The number of benzene rings is 1. The maximum Gasteiger partial charge on any atom is 0.414 e. The van der Waals surface area contributed by atoms with Crippen molar-refractivity contribution in [1.82, 2.24) is 9.88 Å². The Morgan fingerprint density at radius 1 is 0.949 bits per heavy atom. The van der Waals surface area contributed by atoms with Gasteiger partial charge in [-0.25, -0.2) is 18.2 Å². The largest absolute Gasteiger partial charge is 0.447 e. The lowest BCUT2D eigenvalue weighted by molar-refractivity contribution is 0.0747. The molecule has 0 N–H and O–H groups in total. The second-order valence-corrected chi connectivity index (χ2v) is 13.2. The molecule has 2 aromatic rings. The van der Waals surface area contributed by atoms with Crippen LogP contribution in [0.5, 0.6) is 0 Å². The zero-order valence-corrected chi connectivity index (χ0v) is 22.7. The zero-order valence-electron chi connectivity index (χ0n) is 21.9. The molecule has 0 spiro atoms. The standard InChI is InChI=1S/C28H33N5O5S/c34-27(23-7-6-22(32-13-14-38-28(32)35)17-25(23)33-8-1-15-39(33,36)37)31-11-9-30(10-12-31)26-24(20-4-5-20)16-21(18-29-26)19-2-3-19/h6-7,16-20H,1-5,8-15H2. The first-order valence-corrected chi connectivity index (χ1v) is 15.6. The van der Waals surface area contributed by atoms with Crippen molar-refractivity contribution in [1.29, 1.82) is 0 Å². The van der Waals surface area contributed by atoms with Gasteiger partial charge in [-0.2, -0.15) is 0 Å². The minimum absolute atomic E-state index is 0.0468. The van der Waals surface area contributed by atoms with Crippen LogP contribution in [0.15, 0.2) is 30.5 Å². The van der Waals surface area contributed by atoms with Gasteiger partial charge in [0, 0.05) is 44.6 Å². The van der Waals surface area contributed by atoms with E-state index >= 15 is 0 Å². The molecule has 4 heterocycles. The van der Waals surface area contributed by atoms with E-state index in [0.29, 0.717) is 74.5 Å². The third-order valence-corrected chi connectivity index (χ3v) is 10.4. The lowest BCUT2D eigenvalue weighted by Gasteiger charge is -2.37. The number of amides is 2. The van der Waals surface area contributed by atoms with Crippen molar-refractivity contribution < 1.29 is 22.7 Å². The fourth-order valence-electron chi connectivity index (χ4n) is 6.00. The molecule has 5 aliphatic rings. The second kappa shape index (κ2) is 9.39. The monoisotopic (exact) mass is 551 g/mol. The Morgan fingerprint density at radius 3 is 2.36 bits per heavy atom. The van der Waals surface area contributed by atoms with Crippen LogP contribution >= 0.6 is 0 Å². The van der Waals surface area contributed by atoms with Gasteiger partial charge in [0.1, 0.15) is 12.4 Å². The summed E-state index contributed by atoms with van der Waals surface area (Å²) in [4.78, 5) is 36.4. The molecule has 7 rings (SSSR count). The molecule has 3 aliphatic heterocycles. The normalized spacial score (nSPS) is 22.9. The Labute approximate surface area is 228 Å². The minimum atomic E-state index is -3.53. The highest BCUT2D eigenvalue weighted by molar-refractivity contribution is 7.93. The van der Waals surface area contributed by atoms with Crippen molar-refractivity contribution in [2.45, 2.75) is 43.9 Å². The molecule has 39 heavy (non-hydrogen) atoms. The number of carbonyl (C=O) groups is 2. The molecule has 1 aromatic carbocycles. The Kier molecular flexibility index (Phi) is 5.94. The van der Waals surface area contributed by atoms with Crippen LogP contribution < -0.4 is 14.1 Å². The molecule has 206 valence electrons. The summed E-state index contributed by atoms with van der Waals surface area (Å²) in [6.45, 7) is 3.40. The van der Waals surface area contributed by atoms with Gasteiger partial charge in [-0.1, -0.05) is 6.07 Å². The van der Waals surface area contributed by atoms with Crippen LogP contribution in [-0.2, 0) is 14.8 Å². The van der Waals surface area contributed by atoms with Gasteiger partial charge in [0.05, 0.1) is 23.5 Å². The number of sulfonamides is 1. The summed E-state index contributed by atoms with van der Waals surface area (Å²) >= 11 is 0. The number of piperazine rings is 1. The molecule has 0 radical (unpaired) electrons. The van der Waals surface area contributed by atoms with E-state index in [0.717, 1.165) is 5.82 Å². The highest BCUT2D eigenvalue weighted by Gasteiger charge is 2.36. The van der Waals surface area contributed by atoms with Gasteiger partial charge in [0.15, 0.2) is 0 Å². The average molecular weight is 552 g/mol. The number of nitrogens with zero attached hydrogens (tertiary/aromatic N) is 5. The maximum atomic E-state index is 13.8. The van der Waals surface area contributed by atoms with Crippen molar-refractivity contribution in [3.63, 3.8) is 0 Å². The Hall–Kier alpha value is -3.34. The smallest absolute Gasteiger partial charge is 0.414 e. The summed E-state index contributed by atoms with van der Waals surface area (Å²) in [5.74, 6) is 2.18. The maximum absolute atomic E-state index is 13.8. The van der Waals surface area contributed by atoms with Crippen LogP contribution in [0.4, 0.5) is 22.0 Å². The fourth-order valence-corrected chi connectivity index (χ4v) is 7.57. The lowest BCUT2D eigenvalue weighted by Crippen LogP contribution is -2.49. The van der Waals surface area contributed by atoms with Crippen LogP contribution in [0.1, 0.15) is 65.4 Å². The quantitative estimate of drug-likeness (QED) is 0.543. The number of rotatable bonds is 6. The summed E-state index contributed by atoms with van der Waals surface area (Å²) in [5.41, 5.74) is 3.94. The fraction of sp³-hybridized carbons (Fsp3) is 0.536. The summed E-state index contributed by atoms with van der Waals surface area (Å²) < 4.78 is 32.1. The number of hydrogen-bond donors (Lipinski definition) is 0. The van der Waals surface area contributed by atoms with Gasteiger partial charge in [-0.3, -0.25) is 14.0 Å². The molecule has 1 aromatic heterocycles. The zero-order chi connectivity index (χ0) is 26.7. The topological polar surface area (TPSA) is 103 Å². The molecule has 2 saturated carbocycles. The van der Waals surface area contributed by atoms with Crippen LogP contribution in [0.2, 0.25) is 0 Å². The predicted octanol–water partition coefficient (Wildman–Crippen LogP) is 3.30. The molecule has 5 fully saturated rings. The molecule has 0 atom stereocenters. The molecular formula is C28H33N5O5S. The van der Waals surface area contributed by atoms with Crippen LogP contribution in [0.3, 0.4) is 0 Å². The highest BCUT2D eigenvalue weighted by Crippen LogP contribution is 2.47. The third-order valence-electron chi connectivity index (χ3n) is 8.50. The number of anilines is 3. The van der Waals surface area contributed by atoms with Gasteiger partial charge in [-0.15, -0.1) is 0 Å². The summed E-state index contributed by atoms with van der Waals surface area (Å²) in [6, 6.07) is 7.37. The molecular weight excluding hydrogens is 518 g/mol. The Balaban J connectivity index is 1.13. The van der Waals surface area contributed by atoms with Gasteiger partial charge in [-0.05, 0) is 73.3 Å². The molecule has 0 unspecified atom stereocenters. The molecule has 2 amide bonds. The van der Waals surface area contributed by atoms with E-state index < -0.39 is 16.1 Å². The highest BCUT2D eigenvalue weighted by atomic mass is 32.2. The molecule has 11 heteroatoms. The Morgan fingerprint density at radius 2 is 1.72 bits per heavy atom. The van der Waals surface area contributed by atoms with E-state index in [1.165, 1.54) is 46.0 Å². The lowest BCUT2D eigenvalue weighted by atomic mass is 10.1. The SMILES string of the molecule is O=C(c1ccc(N2CCOC2=O)cc1N1CCCS1(=O)=O)N1CCN(c2ncc(C3CC3)cc2C2CC2)CC1. The minimum Gasteiger partial charge on any atom is -0.447 e. The van der Waals surface area contributed by atoms with Crippen molar-refractivity contribution in [2.75, 3.05) is 65.7 Å². The summed E-state index contributed by atoms with van der Waals surface area (Å²) in [5, 5.41) is 0. The van der Waals surface area contributed by atoms with E-state index in [1.807, 2.05) is 6.20 Å². The van der Waals surface area contributed by atoms with Crippen molar-refractivity contribution in [3.8, 4) is 0 Å². The molecule has 10 nitrogen and oxygen atoms in total. The van der Waals surface area contributed by atoms with E-state index in [1.54, 1.807) is 23.1 Å². The third kappa shape index (κ3) is 4.60. The molecule has 3 saturated heterocycles. The first-order chi connectivity index (χ1) is 18.9. The van der Waals surface area contributed by atoms with E-state index in [9.17, 15) is 18.0 Å². The van der Waals surface area contributed by atoms with Crippen LogP contribution in [0, 0.1) is 0 Å². The Bertz CT molecular complexity index is 1430. The molecule has 0 bridgehead atoms. The number of carbonyl (C=O) groups excluding carboxylic acids is 2. The number of cyclic esters (lactones) is 1. The summed E-state index contributed by atoms with van der Waals surface area (Å²) in [6.07, 6.45) is 7.02. The second-order valence-electron chi connectivity index (χ2n) is 11.2. The summed E-state index contributed by atoms with van der Waals surface area (Å²) in [7, 11) is -3.53. The molecule has 2 aliphatic carbocycles. The van der Waals surface area contributed by atoms with Gasteiger partial charge >= 0.3 is 6.09 Å². The van der Waals surface area contributed by atoms with Gasteiger partial charge in [0.25, 0.3) is 5.91 Å². The number of pyridine rings is 1.